The summed E-state index contributed by atoms with van der Waals surface area (Å²) < 4.78 is 11.0. The van der Waals surface area contributed by atoms with Crippen molar-refractivity contribution in [1.82, 2.24) is 4.98 Å². The summed E-state index contributed by atoms with van der Waals surface area (Å²) in [6, 6.07) is 12.1. The van der Waals surface area contributed by atoms with Gasteiger partial charge in [-0.2, -0.15) is 0 Å². The third-order valence-electron chi connectivity index (χ3n) is 3.71. The molecule has 0 fully saturated rings. The highest BCUT2D eigenvalue weighted by Crippen LogP contribution is 2.28. The Morgan fingerprint density at radius 3 is 2.71 bits per heavy atom. The fourth-order valence-electron chi connectivity index (χ4n) is 2.31. The lowest BCUT2D eigenvalue weighted by atomic mass is 10.1. The molecule has 2 N–H and O–H groups in total. The number of nitrogens with one attached hydrogen (secondary N) is 1. The highest BCUT2D eigenvalue weighted by molar-refractivity contribution is 7.17. The Balaban J connectivity index is 1.82. The molecule has 0 spiro atoms. The number of rotatable bonds is 7. The molecule has 144 valence electrons. The van der Waals surface area contributed by atoms with Gasteiger partial charge in [0.05, 0.1) is 18.9 Å². The molecule has 1 aromatic heterocycles. The Morgan fingerprint density at radius 1 is 1.25 bits per heavy atom. The molecule has 0 unspecified atom stereocenters. The molecule has 3 rings (SSSR count). The lowest BCUT2D eigenvalue weighted by molar-refractivity contribution is 0.0701. The number of methoxy groups -OCH3 is 1. The number of hydrogen-bond donors (Lipinski definition) is 2. The molecule has 0 bridgehead atoms. The number of ether oxygens (including phenoxy) is 2. The number of carboxylic acid groups (broad SMARTS) is 1. The van der Waals surface area contributed by atoms with Crippen molar-refractivity contribution in [3.8, 4) is 11.5 Å². The van der Waals surface area contributed by atoms with Crippen LogP contribution in [0.15, 0.2) is 48.7 Å². The SMILES string of the molecule is COc1ccc(OCc2ccccc2Cl)c(C(=O)Nc2ncc(C(=O)O)s2)c1. The first-order chi connectivity index (χ1) is 13.5. The number of nitrogens with zero attached hydrogens (tertiary/aromatic N) is 1. The summed E-state index contributed by atoms with van der Waals surface area (Å²) in [6.07, 6.45) is 1.18. The van der Waals surface area contributed by atoms with Gasteiger partial charge in [0.1, 0.15) is 23.0 Å². The number of hydrogen-bond acceptors (Lipinski definition) is 6. The number of carbonyl (C=O) groups excluding carboxylic acids is 1. The number of aromatic nitrogens is 1. The summed E-state index contributed by atoms with van der Waals surface area (Å²) in [5.41, 5.74) is 0.996. The third kappa shape index (κ3) is 4.59. The molecule has 0 saturated carbocycles. The van der Waals surface area contributed by atoms with Crippen molar-refractivity contribution >= 4 is 39.9 Å². The minimum absolute atomic E-state index is 0.0242. The zero-order valence-electron chi connectivity index (χ0n) is 14.6. The second-order valence-electron chi connectivity index (χ2n) is 5.53. The zero-order chi connectivity index (χ0) is 20.1. The van der Waals surface area contributed by atoms with E-state index < -0.39 is 11.9 Å². The van der Waals surface area contributed by atoms with Gasteiger partial charge in [-0.05, 0) is 24.3 Å². The van der Waals surface area contributed by atoms with Crippen LogP contribution >= 0.6 is 22.9 Å². The quantitative estimate of drug-likeness (QED) is 0.592. The van der Waals surface area contributed by atoms with Gasteiger partial charge in [0.2, 0.25) is 0 Å². The molecule has 3 aromatic rings. The van der Waals surface area contributed by atoms with E-state index in [1.807, 2.05) is 18.2 Å². The number of carboxylic acids is 1. The largest absolute Gasteiger partial charge is 0.497 e. The molecule has 0 aliphatic carbocycles. The van der Waals surface area contributed by atoms with Crippen LogP contribution < -0.4 is 14.8 Å². The van der Waals surface area contributed by atoms with Crippen molar-refractivity contribution in [2.24, 2.45) is 0 Å². The van der Waals surface area contributed by atoms with Gasteiger partial charge in [-0.3, -0.25) is 10.1 Å². The molecule has 0 aliphatic heterocycles. The maximum absolute atomic E-state index is 12.7. The summed E-state index contributed by atoms with van der Waals surface area (Å²) in [6.45, 7) is 0.173. The van der Waals surface area contributed by atoms with E-state index in [9.17, 15) is 9.59 Å². The molecule has 7 nitrogen and oxygen atoms in total. The molecule has 28 heavy (non-hydrogen) atoms. The van der Waals surface area contributed by atoms with E-state index in [1.54, 1.807) is 18.2 Å². The van der Waals surface area contributed by atoms with Gasteiger partial charge in [-0.25, -0.2) is 9.78 Å². The highest BCUT2D eigenvalue weighted by Gasteiger charge is 2.17. The van der Waals surface area contributed by atoms with E-state index >= 15 is 0 Å². The van der Waals surface area contributed by atoms with Gasteiger partial charge in [0.15, 0.2) is 5.13 Å². The minimum atomic E-state index is -1.11. The Hall–Kier alpha value is -3.10. The Morgan fingerprint density at radius 2 is 2.04 bits per heavy atom. The van der Waals surface area contributed by atoms with Crippen molar-refractivity contribution < 1.29 is 24.2 Å². The van der Waals surface area contributed by atoms with E-state index in [4.69, 9.17) is 26.2 Å². The number of halogens is 1. The molecule has 9 heteroatoms. The zero-order valence-corrected chi connectivity index (χ0v) is 16.2. The third-order valence-corrected chi connectivity index (χ3v) is 4.98. The smallest absolute Gasteiger partial charge is 0.347 e. The van der Waals surface area contributed by atoms with Crippen LogP contribution in [0.3, 0.4) is 0 Å². The molecular formula is C19H15ClN2O5S. The van der Waals surface area contributed by atoms with Gasteiger partial charge in [0.25, 0.3) is 5.91 Å². The topological polar surface area (TPSA) is 97.8 Å². The average molecular weight is 419 g/mol. The molecule has 0 aliphatic rings. The van der Waals surface area contributed by atoms with Gasteiger partial charge < -0.3 is 14.6 Å². The summed E-state index contributed by atoms with van der Waals surface area (Å²) >= 11 is 7.00. The monoisotopic (exact) mass is 418 g/mol. The van der Waals surface area contributed by atoms with Crippen molar-refractivity contribution in [2.45, 2.75) is 6.61 Å². The lowest BCUT2D eigenvalue weighted by Crippen LogP contribution is -2.14. The predicted octanol–water partition coefficient (Wildman–Crippen LogP) is 4.33. The summed E-state index contributed by atoms with van der Waals surface area (Å²) in [5.74, 6) is -0.809. The molecule has 1 amide bonds. The van der Waals surface area contributed by atoms with Crippen LogP contribution in [0.5, 0.6) is 11.5 Å². The Labute approximate surface area is 169 Å². The summed E-state index contributed by atoms with van der Waals surface area (Å²) in [4.78, 5) is 27.6. The van der Waals surface area contributed by atoms with E-state index in [1.165, 1.54) is 19.4 Å². The molecule has 0 atom stereocenters. The van der Waals surface area contributed by atoms with Gasteiger partial charge in [0, 0.05) is 10.6 Å². The van der Waals surface area contributed by atoms with Crippen LogP contribution in [0.2, 0.25) is 5.02 Å². The lowest BCUT2D eigenvalue weighted by Gasteiger charge is -2.13. The normalized spacial score (nSPS) is 10.4. The van der Waals surface area contributed by atoms with Crippen LogP contribution in [0.1, 0.15) is 25.6 Å². The van der Waals surface area contributed by atoms with Crippen LogP contribution in [0, 0.1) is 0 Å². The van der Waals surface area contributed by atoms with Crippen LogP contribution in [0.4, 0.5) is 5.13 Å². The number of anilines is 1. The standard InChI is InChI=1S/C19H15ClN2O5S/c1-26-12-6-7-15(27-10-11-4-2-3-5-14(11)20)13(8-12)17(23)22-19-21-9-16(28-19)18(24)25/h2-9H,10H2,1H3,(H,24,25)(H,21,22,23). The fourth-order valence-corrected chi connectivity index (χ4v) is 3.15. The fraction of sp³-hybridized carbons (Fsp3) is 0.105. The highest BCUT2D eigenvalue weighted by atomic mass is 35.5. The van der Waals surface area contributed by atoms with Crippen molar-refractivity contribution in [3.63, 3.8) is 0 Å². The van der Waals surface area contributed by atoms with Crippen LogP contribution in [-0.4, -0.2) is 29.1 Å². The number of carbonyl (C=O) groups is 2. The van der Waals surface area contributed by atoms with E-state index in [0.717, 1.165) is 16.9 Å². The summed E-state index contributed by atoms with van der Waals surface area (Å²) in [5, 5.41) is 12.3. The number of aromatic carboxylic acids is 1. The second kappa shape index (κ2) is 8.73. The first-order valence-electron chi connectivity index (χ1n) is 8.02. The maximum atomic E-state index is 12.7. The van der Waals surface area contributed by atoms with Gasteiger partial charge in [-0.1, -0.05) is 41.1 Å². The van der Waals surface area contributed by atoms with Crippen molar-refractivity contribution in [1.29, 1.82) is 0 Å². The molecular weight excluding hydrogens is 404 g/mol. The molecule has 0 saturated heterocycles. The predicted molar refractivity (Wildman–Crippen MR) is 106 cm³/mol. The van der Waals surface area contributed by atoms with E-state index in [0.29, 0.717) is 16.5 Å². The van der Waals surface area contributed by atoms with Gasteiger partial charge in [-0.15, -0.1) is 0 Å². The van der Waals surface area contributed by atoms with E-state index in [2.05, 4.69) is 10.3 Å². The minimum Gasteiger partial charge on any atom is -0.497 e. The van der Waals surface area contributed by atoms with Crippen molar-refractivity contribution in [2.75, 3.05) is 12.4 Å². The second-order valence-corrected chi connectivity index (χ2v) is 6.97. The molecule has 0 radical (unpaired) electrons. The average Bonchev–Trinajstić information content (AvgIpc) is 3.16. The van der Waals surface area contributed by atoms with Crippen LogP contribution in [-0.2, 0) is 6.61 Å². The number of amides is 1. The Kier molecular flexibility index (Phi) is 6.13. The molecule has 2 aromatic carbocycles. The van der Waals surface area contributed by atoms with E-state index in [-0.39, 0.29) is 22.2 Å². The van der Waals surface area contributed by atoms with Crippen molar-refractivity contribution in [3.05, 3.63) is 69.7 Å². The summed E-state index contributed by atoms with van der Waals surface area (Å²) in [7, 11) is 1.49. The Bertz CT molecular complexity index is 1020. The number of benzene rings is 2. The van der Waals surface area contributed by atoms with Gasteiger partial charge >= 0.3 is 5.97 Å². The van der Waals surface area contributed by atoms with Crippen LogP contribution in [0.25, 0.3) is 0 Å². The first-order valence-corrected chi connectivity index (χ1v) is 9.22. The maximum Gasteiger partial charge on any atom is 0.347 e. The first kappa shape index (κ1) is 19.7. The number of thiazole rings is 1. The molecule has 1 heterocycles.